The maximum Gasteiger partial charge on any atom is 0.261 e. The predicted molar refractivity (Wildman–Crippen MR) is 121 cm³/mol. The Morgan fingerprint density at radius 1 is 0.933 bits per heavy atom. The Morgan fingerprint density at radius 3 is 2.47 bits per heavy atom. The molecule has 4 aromatic carbocycles. The summed E-state index contributed by atoms with van der Waals surface area (Å²) in [4.78, 5) is 18.0. The highest BCUT2D eigenvalue weighted by Crippen LogP contribution is 2.35. The number of fused-ring (bicyclic) bond motifs is 5. The van der Waals surface area contributed by atoms with E-state index in [4.69, 9.17) is 4.74 Å². The van der Waals surface area contributed by atoms with Crippen molar-refractivity contribution in [3.8, 4) is 11.5 Å². The Labute approximate surface area is 173 Å². The van der Waals surface area contributed by atoms with Crippen LogP contribution in [0.3, 0.4) is 0 Å². The Bertz CT molecular complexity index is 1420. The van der Waals surface area contributed by atoms with Crippen LogP contribution in [0, 0.1) is 0 Å². The Hall–Kier alpha value is -3.99. The lowest BCUT2D eigenvalue weighted by molar-refractivity contribution is 0.0990. The third kappa shape index (κ3) is 2.75. The molecule has 5 heteroatoms. The van der Waals surface area contributed by atoms with E-state index in [-0.39, 0.29) is 17.2 Å². The molecule has 0 saturated heterocycles. The van der Waals surface area contributed by atoms with E-state index in [2.05, 4.69) is 17.1 Å². The van der Waals surface area contributed by atoms with Gasteiger partial charge in [0, 0.05) is 34.4 Å². The molecule has 5 nitrogen and oxygen atoms in total. The number of carbonyl (C=O) groups is 1. The highest BCUT2D eigenvalue weighted by molar-refractivity contribution is 6.19. The number of benzene rings is 4. The molecule has 0 aliphatic carbocycles. The number of aromatic amines is 1. The number of phenolic OH excluding ortho intramolecular Hbond substituents is 1. The molecular weight excluding hydrogens is 376 g/mol. The summed E-state index contributed by atoms with van der Waals surface area (Å²) in [7, 11) is 3.29. The number of aromatic nitrogens is 1. The summed E-state index contributed by atoms with van der Waals surface area (Å²) in [6.07, 6.45) is 0. The summed E-state index contributed by atoms with van der Waals surface area (Å²) in [5.41, 5.74) is 2.97. The second-order valence-electron chi connectivity index (χ2n) is 7.31. The molecular formula is C25H20N2O3. The van der Waals surface area contributed by atoms with Gasteiger partial charge in [0.25, 0.3) is 5.91 Å². The SMILES string of the molecule is COc1ccc(N(C)C(=O)c2cc3ccc4c5ccccc5[nH]c4c3cc2O)cc1. The van der Waals surface area contributed by atoms with Gasteiger partial charge in [-0.25, -0.2) is 0 Å². The van der Waals surface area contributed by atoms with Crippen molar-refractivity contribution in [3.63, 3.8) is 0 Å². The highest BCUT2D eigenvalue weighted by Gasteiger charge is 2.19. The summed E-state index contributed by atoms with van der Waals surface area (Å²) in [5.74, 6) is 0.394. The van der Waals surface area contributed by atoms with Crippen molar-refractivity contribution in [1.29, 1.82) is 0 Å². The van der Waals surface area contributed by atoms with E-state index in [1.54, 1.807) is 38.4 Å². The number of ether oxygens (including phenoxy) is 1. The third-order valence-corrected chi connectivity index (χ3v) is 5.61. The van der Waals surface area contributed by atoms with Crippen LogP contribution in [0.1, 0.15) is 10.4 Å². The zero-order valence-corrected chi connectivity index (χ0v) is 16.6. The van der Waals surface area contributed by atoms with Crippen LogP contribution in [0.2, 0.25) is 0 Å². The maximum atomic E-state index is 13.1. The summed E-state index contributed by atoms with van der Waals surface area (Å²) in [6, 6.07) is 22.8. The first-order valence-corrected chi connectivity index (χ1v) is 9.65. The van der Waals surface area contributed by atoms with Crippen molar-refractivity contribution in [2.45, 2.75) is 0 Å². The number of H-pyrrole nitrogens is 1. The topological polar surface area (TPSA) is 65.6 Å². The van der Waals surface area contributed by atoms with Crippen LogP contribution in [-0.2, 0) is 0 Å². The van der Waals surface area contributed by atoms with Crippen molar-refractivity contribution in [2.24, 2.45) is 0 Å². The first kappa shape index (κ1) is 18.1. The molecule has 30 heavy (non-hydrogen) atoms. The smallest absolute Gasteiger partial charge is 0.261 e. The molecule has 0 aliphatic rings. The molecule has 1 heterocycles. The predicted octanol–water partition coefficient (Wildman–Crippen LogP) is 5.47. The summed E-state index contributed by atoms with van der Waals surface area (Å²) >= 11 is 0. The van der Waals surface area contributed by atoms with E-state index in [1.807, 2.05) is 36.4 Å². The van der Waals surface area contributed by atoms with Crippen LogP contribution in [0.15, 0.2) is 72.8 Å². The minimum Gasteiger partial charge on any atom is -0.507 e. The number of hydrogen-bond acceptors (Lipinski definition) is 3. The Morgan fingerprint density at radius 2 is 1.70 bits per heavy atom. The van der Waals surface area contributed by atoms with Crippen molar-refractivity contribution in [3.05, 3.63) is 78.4 Å². The molecule has 0 bridgehead atoms. The quantitative estimate of drug-likeness (QED) is 0.425. The number of anilines is 1. The number of carbonyl (C=O) groups excluding carboxylic acids is 1. The average Bonchev–Trinajstić information content (AvgIpc) is 3.17. The first-order chi connectivity index (χ1) is 14.6. The molecule has 2 N–H and O–H groups in total. The van der Waals surface area contributed by atoms with Gasteiger partial charge in [-0.15, -0.1) is 0 Å². The number of para-hydroxylation sites is 1. The fraction of sp³-hybridized carbons (Fsp3) is 0.0800. The fourth-order valence-corrected chi connectivity index (χ4v) is 3.96. The minimum absolute atomic E-state index is 0.0426. The molecule has 0 radical (unpaired) electrons. The van der Waals surface area contributed by atoms with Gasteiger partial charge in [-0.2, -0.15) is 0 Å². The third-order valence-electron chi connectivity index (χ3n) is 5.61. The van der Waals surface area contributed by atoms with Gasteiger partial charge in [0.1, 0.15) is 11.5 Å². The number of nitrogens with zero attached hydrogens (tertiary/aromatic N) is 1. The monoisotopic (exact) mass is 396 g/mol. The summed E-state index contributed by atoms with van der Waals surface area (Å²) in [6.45, 7) is 0. The van der Waals surface area contributed by atoms with Crippen molar-refractivity contribution in [2.75, 3.05) is 19.1 Å². The van der Waals surface area contributed by atoms with Crippen LogP contribution in [0.5, 0.6) is 11.5 Å². The van der Waals surface area contributed by atoms with Crippen molar-refractivity contribution >= 4 is 44.2 Å². The number of aromatic hydroxyl groups is 1. The molecule has 0 fully saturated rings. The van der Waals surface area contributed by atoms with Gasteiger partial charge < -0.3 is 19.7 Å². The van der Waals surface area contributed by atoms with E-state index in [1.165, 1.54) is 4.90 Å². The van der Waals surface area contributed by atoms with E-state index in [9.17, 15) is 9.90 Å². The van der Waals surface area contributed by atoms with Gasteiger partial charge in [0.15, 0.2) is 0 Å². The molecule has 0 unspecified atom stereocenters. The van der Waals surface area contributed by atoms with Gasteiger partial charge in [-0.05, 0) is 47.9 Å². The maximum absolute atomic E-state index is 13.1. The molecule has 5 aromatic rings. The van der Waals surface area contributed by atoms with E-state index in [0.29, 0.717) is 5.69 Å². The number of nitrogens with one attached hydrogen (secondary N) is 1. The standard InChI is InChI=1S/C25H20N2O3/c1-27(16-8-10-17(30-2)11-9-16)25(29)21-13-15-7-12-19-18-5-3-4-6-22(18)26-24(19)20(15)14-23(21)28/h3-14,26,28H,1-2H3. The van der Waals surface area contributed by atoms with Crippen LogP contribution in [-0.4, -0.2) is 30.2 Å². The lowest BCUT2D eigenvalue weighted by Crippen LogP contribution is -2.26. The molecule has 1 amide bonds. The fourth-order valence-electron chi connectivity index (χ4n) is 3.96. The lowest BCUT2D eigenvalue weighted by Gasteiger charge is -2.19. The van der Waals surface area contributed by atoms with Gasteiger partial charge in [-0.3, -0.25) is 4.79 Å². The molecule has 0 spiro atoms. The van der Waals surface area contributed by atoms with E-state index < -0.39 is 0 Å². The zero-order chi connectivity index (χ0) is 20.8. The number of amides is 1. The average molecular weight is 396 g/mol. The second kappa shape index (κ2) is 6.81. The molecule has 0 atom stereocenters. The van der Waals surface area contributed by atoms with E-state index >= 15 is 0 Å². The van der Waals surface area contributed by atoms with Crippen LogP contribution >= 0.6 is 0 Å². The first-order valence-electron chi connectivity index (χ1n) is 9.65. The Kier molecular flexibility index (Phi) is 4.10. The summed E-state index contributed by atoms with van der Waals surface area (Å²) < 4.78 is 5.17. The minimum atomic E-state index is -0.281. The summed E-state index contributed by atoms with van der Waals surface area (Å²) in [5, 5.41) is 14.7. The number of hydrogen-bond donors (Lipinski definition) is 2. The highest BCUT2D eigenvalue weighted by atomic mass is 16.5. The molecule has 1 aromatic heterocycles. The normalized spacial score (nSPS) is 11.3. The van der Waals surface area contributed by atoms with Crippen molar-refractivity contribution in [1.82, 2.24) is 4.98 Å². The van der Waals surface area contributed by atoms with Gasteiger partial charge >= 0.3 is 0 Å². The molecule has 0 saturated carbocycles. The van der Waals surface area contributed by atoms with Gasteiger partial charge in [0.2, 0.25) is 0 Å². The van der Waals surface area contributed by atoms with Crippen LogP contribution in [0.25, 0.3) is 32.6 Å². The van der Waals surface area contributed by atoms with Crippen LogP contribution in [0.4, 0.5) is 5.69 Å². The lowest BCUT2D eigenvalue weighted by atomic mass is 10.0. The van der Waals surface area contributed by atoms with Crippen molar-refractivity contribution < 1.29 is 14.6 Å². The van der Waals surface area contributed by atoms with E-state index in [0.717, 1.165) is 38.3 Å². The second-order valence-corrected chi connectivity index (χ2v) is 7.31. The number of methoxy groups -OCH3 is 1. The largest absolute Gasteiger partial charge is 0.507 e. The van der Waals surface area contributed by atoms with Crippen LogP contribution < -0.4 is 9.64 Å². The molecule has 148 valence electrons. The molecule has 0 aliphatic heterocycles. The number of phenols is 1. The van der Waals surface area contributed by atoms with Gasteiger partial charge in [0.05, 0.1) is 18.2 Å². The molecule has 5 rings (SSSR count). The Balaban J connectivity index is 1.60. The number of rotatable bonds is 3. The zero-order valence-electron chi connectivity index (χ0n) is 16.6. The van der Waals surface area contributed by atoms with Gasteiger partial charge in [-0.1, -0.05) is 30.3 Å².